The average Bonchev–Trinajstić information content (AvgIpc) is 0.891. The Morgan fingerprint density at radius 1 is 0.214 bits per heavy atom. The Hall–Kier alpha value is -12.7. The lowest BCUT2D eigenvalue weighted by atomic mass is 10.2. The number of carbonyl (C=O) groups is 21. The molecule has 0 fully saturated rings. The number of aliphatic hydroxyl groups excluding tert-OH is 1. The summed E-state index contributed by atoms with van der Waals surface area (Å²) in [5, 5.41) is 26.3. The molecule has 2 aromatic carbocycles. The van der Waals surface area contributed by atoms with Crippen molar-refractivity contribution in [2.75, 3.05) is 0 Å². The van der Waals surface area contributed by atoms with E-state index in [2.05, 4.69) is 23.7 Å². The highest BCUT2D eigenvalue weighted by Crippen LogP contribution is 2.14. The Morgan fingerprint density at radius 2 is 0.350 bits per heavy atom. The minimum absolute atomic E-state index is 0.0257. The molecular formula is C74H98O43. The molecule has 2 rings (SSSR count). The quantitative estimate of drug-likeness (QED) is 0.0635. The molecule has 43 nitrogen and oxygen atoms in total. The lowest BCUT2D eigenvalue weighted by molar-refractivity contribution is -0.187. The molecule has 0 aliphatic carbocycles. The maximum Gasteiger partial charge on any atom is 0.347 e. The van der Waals surface area contributed by atoms with Gasteiger partial charge in [0.1, 0.15) is 19.3 Å². The number of ether oxygens (including phenoxy) is 19. The molecule has 117 heavy (non-hydrogen) atoms. The smallest absolute Gasteiger partial charge is 0.347 e. The van der Waals surface area contributed by atoms with Crippen LogP contribution >= 0.6 is 0 Å². The van der Waals surface area contributed by atoms with Gasteiger partial charge in [-0.1, -0.05) is 60.7 Å². The summed E-state index contributed by atoms with van der Waals surface area (Å²) in [6, 6.07) is 18.0. The highest BCUT2D eigenvalue weighted by Gasteiger charge is 2.36. The van der Waals surface area contributed by atoms with Crippen LogP contribution in [0.4, 0.5) is 0 Å². The van der Waals surface area contributed by atoms with Crippen molar-refractivity contribution in [3.63, 3.8) is 0 Å². The number of carbonyl (C=O) groups excluding carboxylic acids is 19. The van der Waals surface area contributed by atoms with Gasteiger partial charge in [0.15, 0.2) is 104 Å². The zero-order valence-electron chi connectivity index (χ0n) is 67.8. The third-order valence-electron chi connectivity index (χ3n) is 13.6. The second-order valence-corrected chi connectivity index (χ2v) is 24.4. The van der Waals surface area contributed by atoms with E-state index in [-0.39, 0.29) is 13.2 Å². The molecule has 0 aliphatic heterocycles. The van der Waals surface area contributed by atoms with Gasteiger partial charge in [0.05, 0.1) is 0 Å². The molecule has 43 heteroatoms. The van der Waals surface area contributed by atoms with Gasteiger partial charge in [-0.3, -0.25) is 14.4 Å². The second-order valence-electron chi connectivity index (χ2n) is 24.4. The molecule has 0 spiro atoms. The average molecular weight is 1680 g/mol. The number of hydrogen-bond acceptors (Lipinski definition) is 41. The summed E-state index contributed by atoms with van der Waals surface area (Å²) in [6.07, 6.45) is -24.9. The molecule has 0 aliphatic rings. The highest BCUT2D eigenvalue weighted by molar-refractivity contribution is 5.90. The van der Waals surface area contributed by atoms with E-state index in [4.69, 9.17) is 81.6 Å². The van der Waals surface area contributed by atoms with Gasteiger partial charge in [0.25, 0.3) is 0 Å². The normalized spacial score (nSPS) is 15.0. The first kappa shape index (κ1) is 106. The zero-order chi connectivity index (χ0) is 90.6. The van der Waals surface area contributed by atoms with Gasteiger partial charge in [0, 0.05) is 20.8 Å². The topological polar surface area (TPSA) is 595 Å². The van der Waals surface area contributed by atoms with Gasteiger partial charge in [-0.15, -0.1) is 0 Å². The maximum atomic E-state index is 12.3. The second kappa shape index (κ2) is 54.1. The molecule has 0 amide bonds. The van der Waals surface area contributed by atoms with E-state index in [1.807, 2.05) is 30.3 Å². The first-order chi connectivity index (χ1) is 54.1. The number of aliphatic hydroxyl groups is 1. The zero-order valence-corrected chi connectivity index (χ0v) is 67.8. The fourth-order valence-corrected chi connectivity index (χ4v) is 7.04. The summed E-state index contributed by atoms with van der Waals surface area (Å²) in [5.74, 6) is -21.3. The predicted molar refractivity (Wildman–Crippen MR) is 381 cm³/mol. The van der Waals surface area contributed by atoms with Gasteiger partial charge < -0.3 is 105 Å². The first-order valence-electron chi connectivity index (χ1n) is 35.1. The Bertz CT molecular complexity index is 3740. The molecule has 0 saturated heterocycles. The SMILES string of the molecule is CC(=O)O[C@@H](C)C(=O)O[C@@H](C)C(=O)O[C@@H](C)C(=O)O[C@@H](C)C(=O)O.CC(=O)O[C@@H](C)C(=O)O[C@@H](C)C(=O)O[C@@H](C)C(=O)O[C@@H](C)C(=O)O[C@@H](C)C(=O)O[C@@H](C)C(=O)O.CC(=O)O[C@@H](C)C(=O)O[C@@H](C)C(=O)O[C@@H](C)C(=O)O[C@@H](C)C(=O)O[C@@H](C)C(=O)O[C@@H](C)C(=O)OCc1ccccc1.C[C@H](O)C(=O)O[C@@H](C)C(=O)OCc1ccccc1. The molecule has 2 aromatic rings. The standard InChI is InChI=1S/C27H34O14.C20H28O14.C14H20O10.C13H16O5/c1-14(22(29)35-13-21-11-9-8-10-12-21)37-24(31)16(3)39-26(33)18(5)41-27(34)19(6)40-25(32)17(4)38-23(30)15(2)36-20(7)28;1-8(15(22)23)30-17(25)10(3)32-19(27)12(5)34-20(28)13(6)33-18(26)11(4)31-16(24)9(2)29-14(7)21;1-6(11(16)17)22-13(19)8(3)24-14(20)9(4)23-12(18)7(2)21-10(5)15;1-9(14)12(15)18-10(2)13(16)17-8-11-6-4-3-5-7-11/h8-12,14-19H,13H2,1-7H3;8-13H,1-7H3,(H,22,23);6-9H,1-5H3,(H,16,17);3-7,9-10,14H,8H2,1-2H3/t14-,15-,16-,17-,18-,19-;8-,9-,10-,11-,12-,13-;6-,7-,8-,9-;9-,10-/m0000/s1. The van der Waals surface area contributed by atoms with Crippen LogP contribution in [-0.2, 0) is 204 Å². The Kier molecular flexibility index (Phi) is 49.2. The Morgan fingerprint density at radius 3 is 0.496 bits per heavy atom. The lowest BCUT2D eigenvalue weighted by Gasteiger charge is -2.20. The molecule has 0 bridgehead atoms. The van der Waals surface area contributed by atoms with E-state index < -0.39 is 235 Å². The van der Waals surface area contributed by atoms with Crippen LogP contribution in [0.5, 0.6) is 0 Å². The van der Waals surface area contributed by atoms with E-state index in [1.54, 1.807) is 30.3 Å². The van der Waals surface area contributed by atoms with Gasteiger partial charge in [0.2, 0.25) is 0 Å². The molecular weight excluding hydrogens is 1580 g/mol. The van der Waals surface area contributed by atoms with Crippen molar-refractivity contribution in [2.24, 2.45) is 0 Å². The molecule has 0 saturated carbocycles. The van der Waals surface area contributed by atoms with Crippen LogP contribution < -0.4 is 0 Å². The van der Waals surface area contributed by atoms with Crippen LogP contribution in [0.3, 0.4) is 0 Å². The lowest BCUT2D eigenvalue weighted by Crippen LogP contribution is -2.39. The van der Waals surface area contributed by atoms with Crippen LogP contribution in [-0.4, -0.2) is 251 Å². The van der Waals surface area contributed by atoms with E-state index in [0.29, 0.717) is 0 Å². The minimum Gasteiger partial charge on any atom is -0.479 e. The monoisotopic (exact) mass is 1670 g/mol. The molecule has 0 aromatic heterocycles. The van der Waals surface area contributed by atoms with Crippen molar-refractivity contribution < 1.29 is 206 Å². The molecule has 0 unspecified atom stereocenters. The van der Waals surface area contributed by atoms with Crippen LogP contribution in [0.15, 0.2) is 60.7 Å². The van der Waals surface area contributed by atoms with E-state index in [1.165, 1.54) is 69.2 Å². The van der Waals surface area contributed by atoms with Crippen LogP contribution in [0.1, 0.15) is 157 Å². The summed E-state index contributed by atoms with van der Waals surface area (Å²) in [4.78, 5) is 244. The van der Waals surface area contributed by atoms with Crippen molar-refractivity contribution >= 4 is 125 Å². The fourth-order valence-electron chi connectivity index (χ4n) is 7.04. The summed E-state index contributed by atoms with van der Waals surface area (Å²) in [5.41, 5.74) is 1.58. The van der Waals surface area contributed by atoms with E-state index in [9.17, 15) is 101 Å². The summed E-state index contributed by atoms with van der Waals surface area (Å²) in [6.45, 7) is 24.8. The van der Waals surface area contributed by atoms with Gasteiger partial charge in [-0.2, -0.15) is 0 Å². The summed E-state index contributed by atoms with van der Waals surface area (Å²) < 4.78 is 90.9. The van der Waals surface area contributed by atoms with Gasteiger partial charge in [-0.05, 0) is 136 Å². The van der Waals surface area contributed by atoms with E-state index in [0.717, 1.165) is 87.3 Å². The third-order valence-corrected chi connectivity index (χ3v) is 13.6. The number of aliphatic carboxylic acids is 2. The summed E-state index contributed by atoms with van der Waals surface area (Å²) >= 11 is 0. The van der Waals surface area contributed by atoms with Crippen molar-refractivity contribution in [1.29, 1.82) is 0 Å². The number of carboxylic acids is 2. The highest BCUT2D eigenvalue weighted by atomic mass is 16.7. The van der Waals surface area contributed by atoms with Gasteiger partial charge in [-0.25, -0.2) is 86.3 Å². The first-order valence-corrected chi connectivity index (χ1v) is 35.1. The number of benzene rings is 2. The third kappa shape index (κ3) is 45.1. The van der Waals surface area contributed by atoms with Crippen LogP contribution in [0.25, 0.3) is 0 Å². The maximum absolute atomic E-state index is 12.3. The Balaban J connectivity index is 0. The molecule has 3 N–H and O–H groups in total. The number of rotatable bonds is 39. The molecule has 652 valence electrons. The van der Waals surface area contributed by atoms with Crippen molar-refractivity contribution in [3.8, 4) is 0 Å². The van der Waals surface area contributed by atoms with Crippen LogP contribution in [0, 0.1) is 0 Å². The van der Waals surface area contributed by atoms with Crippen molar-refractivity contribution in [1.82, 2.24) is 0 Å². The largest absolute Gasteiger partial charge is 0.479 e. The minimum atomic E-state index is -1.53. The predicted octanol–water partition coefficient (Wildman–Crippen LogP) is 1.88. The molecule has 0 heterocycles. The Labute approximate surface area is 669 Å². The number of esters is 19. The number of hydrogen-bond donors (Lipinski definition) is 3. The van der Waals surface area contributed by atoms with Gasteiger partial charge >= 0.3 is 125 Å². The van der Waals surface area contributed by atoms with Crippen molar-refractivity contribution in [2.45, 2.75) is 268 Å². The molecule has 18 atom stereocenters. The fraction of sp³-hybridized carbons (Fsp3) is 0.554. The molecule has 0 radical (unpaired) electrons. The van der Waals surface area contributed by atoms with E-state index >= 15 is 0 Å². The van der Waals surface area contributed by atoms with Crippen molar-refractivity contribution in [3.05, 3.63) is 71.8 Å². The van der Waals surface area contributed by atoms with Crippen LogP contribution in [0.2, 0.25) is 0 Å². The summed E-state index contributed by atoms with van der Waals surface area (Å²) in [7, 11) is 0. The number of carboxylic acid groups (broad SMARTS) is 2.